The highest BCUT2D eigenvalue weighted by atomic mass is 16.5. The Morgan fingerprint density at radius 2 is 1.73 bits per heavy atom. The molecule has 2 aromatic carbocycles. The number of phenolic OH excluding ortho intramolecular Hbond substituents is 1. The van der Waals surface area contributed by atoms with Crippen LogP contribution in [0.4, 0.5) is 4.79 Å². The molecule has 0 bridgehead atoms. The molecule has 0 aromatic heterocycles. The number of ether oxygens (including phenoxy) is 2. The summed E-state index contributed by atoms with van der Waals surface area (Å²) in [6.07, 6.45) is -0.422. The number of urea groups is 1. The van der Waals surface area contributed by atoms with Gasteiger partial charge in [0, 0.05) is 33.7 Å². The van der Waals surface area contributed by atoms with Crippen LogP contribution in [0.5, 0.6) is 11.5 Å². The number of phenols is 1. The summed E-state index contributed by atoms with van der Waals surface area (Å²) >= 11 is 0. The van der Waals surface area contributed by atoms with Gasteiger partial charge in [0.2, 0.25) is 11.8 Å². The Morgan fingerprint density at radius 3 is 2.38 bits per heavy atom. The Labute approximate surface area is 216 Å². The maximum absolute atomic E-state index is 13.5. The van der Waals surface area contributed by atoms with Crippen molar-refractivity contribution < 1.29 is 29.0 Å². The van der Waals surface area contributed by atoms with Crippen molar-refractivity contribution in [3.05, 3.63) is 59.7 Å². The van der Waals surface area contributed by atoms with Crippen molar-refractivity contribution in [3.63, 3.8) is 0 Å². The Balaban J connectivity index is 1.58. The molecule has 0 spiro atoms. The van der Waals surface area contributed by atoms with Crippen LogP contribution in [-0.4, -0.2) is 102 Å². The van der Waals surface area contributed by atoms with Crippen LogP contribution in [0.25, 0.3) is 0 Å². The number of piperazine rings is 1. The quantitative estimate of drug-likeness (QED) is 0.544. The summed E-state index contributed by atoms with van der Waals surface area (Å²) in [7, 11) is 4.84. The second-order valence-electron chi connectivity index (χ2n) is 9.11. The molecule has 2 N–H and O–H groups in total. The molecule has 0 saturated carbocycles. The van der Waals surface area contributed by atoms with Gasteiger partial charge in [0.25, 0.3) is 0 Å². The lowest BCUT2D eigenvalue weighted by Crippen LogP contribution is -2.76. The maximum Gasteiger partial charge on any atom is 0.334 e. The molecule has 0 radical (unpaired) electrons. The molecule has 1 unspecified atom stereocenters. The zero-order valence-corrected chi connectivity index (χ0v) is 21.3. The van der Waals surface area contributed by atoms with E-state index in [-0.39, 0.29) is 49.7 Å². The summed E-state index contributed by atoms with van der Waals surface area (Å²) in [6.45, 7) is 1.09. The minimum atomic E-state index is -0.793. The third-order valence-electron chi connectivity index (χ3n) is 6.68. The van der Waals surface area contributed by atoms with Gasteiger partial charge in [-0.2, -0.15) is 0 Å². The molecule has 0 aliphatic carbocycles. The number of carbonyl (C=O) groups excluding carboxylic acids is 3. The van der Waals surface area contributed by atoms with Gasteiger partial charge < -0.3 is 29.7 Å². The Morgan fingerprint density at radius 1 is 1.05 bits per heavy atom. The predicted octanol–water partition coefficient (Wildman–Crippen LogP) is 1.03. The lowest BCUT2D eigenvalue weighted by molar-refractivity contribution is -0.187. The first-order valence-electron chi connectivity index (χ1n) is 12.1. The number of aromatic hydroxyl groups is 1. The molecule has 11 nitrogen and oxygen atoms in total. The average molecular weight is 512 g/mol. The normalized spacial score (nSPS) is 20.1. The van der Waals surface area contributed by atoms with Crippen molar-refractivity contribution in [3.8, 4) is 11.5 Å². The van der Waals surface area contributed by atoms with E-state index in [1.54, 1.807) is 55.4 Å². The van der Waals surface area contributed by atoms with Crippen molar-refractivity contribution in [2.24, 2.45) is 0 Å². The van der Waals surface area contributed by atoms with Gasteiger partial charge in [-0.3, -0.25) is 9.59 Å². The Hall–Kier alpha value is -3.83. The number of fused-ring (bicyclic) bond motifs is 1. The molecule has 2 aromatic rings. The third kappa shape index (κ3) is 5.78. The van der Waals surface area contributed by atoms with Crippen molar-refractivity contribution in [2.75, 3.05) is 47.5 Å². The van der Waals surface area contributed by atoms with Crippen LogP contribution in [-0.2, 0) is 27.3 Å². The van der Waals surface area contributed by atoms with Crippen LogP contribution >= 0.6 is 0 Å². The number of hydrazine groups is 1. The minimum absolute atomic E-state index is 0.0378. The van der Waals surface area contributed by atoms with Crippen molar-refractivity contribution in [1.29, 1.82) is 0 Å². The predicted molar refractivity (Wildman–Crippen MR) is 134 cm³/mol. The molecular formula is C26H33N5O6. The second-order valence-corrected chi connectivity index (χ2v) is 9.11. The molecule has 11 heteroatoms. The molecule has 2 saturated heterocycles. The zero-order valence-electron chi connectivity index (χ0n) is 21.3. The van der Waals surface area contributed by atoms with Crippen LogP contribution in [0.2, 0.25) is 0 Å². The van der Waals surface area contributed by atoms with Crippen LogP contribution in [0.1, 0.15) is 11.1 Å². The van der Waals surface area contributed by atoms with E-state index in [1.807, 2.05) is 24.3 Å². The van der Waals surface area contributed by atoms with Crippen molar-refractivity contribution in [1.82, 2.24) is 25.1 Å². The van der Waals surface area contributed by atoms with Gasteiger partial charge in [-0.25, -0.2) is 14.8 Å². The first kappa shape index (κ1) is 26.2. The second kappa shape index (κ2) is 11.5. The number of hydrogen-bond acceptors (Lipinski definition) is 7. The number of carbonyl (C=O) groups is 3. The standard InChI is InChI=1S/C26H33N5O6/c1-28-17-24(33)30-22(14-18-4-8-20(32)9-5-18)25(34)29(12-13-36-2)16-23(30)31(28)26(35)27-15-19-6-10-21(37-3)11-7-19/h4-11,22-23,32H,12-17H2,1-3H3,(H,27,35)/t22-,23?/m0/s1. The van der Waals surface area contributed by atoms with Gasteiger partial charge in [0.1, 0.15) is 23.7 Å². The van der Waals surface area contributed by atoms with E-state index in [0.717, 1.165) is 16.9 Å². The van der Waals surface area contributed by atoms with E-state index in [4.69, 9.17) is 9.47 Å². The summed E-state index contributed by atoms with van der Waals surface area (Å²) in [6, 6.07) is 12.8. The average Bonchev–Trinajstić information content (AvgIpc) is 2.89. The van der Waals surface area contributed by atoms with Gasteiger partial charge in [-0.1, -0.05) is 24.3 Å². The highest BCUT2D eigenvalue weighted by Gasteiger charge is 2.50. The Kier molecular flexibility index (Phi) is 8.14. The van der Waals surface area contributed by atoms with Crippen LogP contribution in [0.3, 0.4) is 0 Å². The highest BCUT2D eigenvalue weighted by molar-refractivity contribution is 5.91. The smallest absolute Gasteiger partial charge is 0.334 e. The van der Waals surface area contributed by atoms with E-state index in [2.05, 4.69) is 5.32 Å². The number of hydrogen-bond donors (Lipinski definition) is 2. The van der Waals surface area contributed by atoms with Crippen LogP contribution in [0.15, 0.2) is 48.5 Å². The van der Waals surface area contributed by atoms with Gasteiger partial charge in [0.15, 0.2) is 0 Å². The molecule has 2 heterocycles. The lowest BCUT2D eigenvalue weighted by Gasteiger charge is -2.54. The van der Waals surface area contributed by atoms with E-state index >= 15 is 0 Å². The summed E-state index contributed by atoms with van der Waals surface area (Å²) < 4.78 is 10.4. The molecule has 2 aliphatic heterocycles. The van der Waals surface area contributed by atoms with Crippen molar-refractivity contribution >= 4 is 17.8 Å². The largest absolute Gasteiger partial charge is 0.508 e. The monoisotopic (exact) mass is 511 g/mol. The fraction of sp³-hybridized carbons (Fsp3) is 0.423. The first-order valence-corrected chi connectivity index (χ1v) is 12.1. The first-order chi connectivity index (χ1) is 17.8. The summed E-state index contributed by atoms with van der Waals surface area (Å²) in [5.74, 6) is 0.421. The molecule has 198 valence electrons. The fourth-order valence-electron chi connectivity index (χ4n) is 4.77. The topological polar surface area (TPSA) is 115 Å². The van der Waals surface area contributed by atoms with E-state index in [9.17, 15) is 19.5 Å². The van der Waals surface area contributed by atoms with Gasteiger partial charge in [-0.15, -0.1) is 0 Å². The number of benzene rings is 2. The van der Waals surface area contributed by atoms with Crippen molar-refractivity contribution in [2.45, 2.75) is 25.2 Å². The number of rotatable bonds is 8. The SMILES string of the molecule is COCCN1CC2N(C(=O)CN(C)N2C(=O)NCc2ccc(OC)cc2)[C@@H](Cc2ccc(O)cc2)C1=O. The van der Waals surface area contributed by atoms with Gasteiger partial charge in [0.05, 0.1) is 26.8 Å². The van der Waals surface area contributed by atoms with Gasteiger partial charge >= 0.3 is 6.03 Å². The minimum Gasteiger partial charge on any atom is -0.508 e. The molecular weight excluding hydrogens is 478 g/mol. The molecule has 4 rings (SSSR count). The number of nitrogens with zero attached hydrogens (tertiary/aromatic N) is 4. The summed E-state index contributed by atoms with van der Waals surface area (Å²) in [4.78, 5) is 43.4. The Bertz CT molecular complexity index is 1110. The highest BCUT2D eigenvalue weighted by Crippen LogP contribution is 2.28. The van der Waals surface area contributed by atoms with Crippen LogP contribution < -0.4 is 10.1 Å². The molecule has 4 amide bonds. The van der Waals surface area contributed by atoms with Gasteiger partial charge in [-0.05, 0) is 35.4 Å². The van der Waals surface area contributed by atoms with E-state index in [0.29, 0.717) is 13.2 Å². The molecule has 2 aliphatic rings. The molecule has 2 atom stereocenters. The number of nitrogens with one attached hydrogen (secondary N) is 1. The summed E-state index contributed by atoms with van der Waals surface area (Å²) in [5, 5.41) is 15.7. The van der Waals surface area contributed by atoms with E-state index in [1.165, 1.54) is 9.91 Å². The maximum atomic E-state index is 13.5. The zero-order chi connectivity index (χ0) is 26.5. The third-order valence-corrected chi connectivity index (χ3v) is 6.68. The molecule has 37 heavy (non-hydrogen) atoms. The summed E-state index contributed by atoms with van der Waals surface area (Å²) in [5.41, 5.74) is 1.69. The van der Waals surface area contributed by atoms with E-state index < -0.39 is 12.2 Å². The lowest BCUT2D eigenvalue weighted by atomic mass is 9.98. The number of likely N-dealkylation sites (N-methyl/N-ethyl adjacent to an activating group) is 1. The number of methoxy groups -OCH3 is 2. The fourth-order valence-corrected chi connectivity index (χ4v) is 4.77. The number of amides is 4. The molecule has 2 fully saturated rings. The van der Waals surface area contributed by atoms with Crippen LogP contribution in [0, 0.1) is 0 Å².